The number of anilines is 1. The Balaban J connectivity index is 2.08. The van der Waals surface area contributed by atoms with E-state index in [1.54, 1.807) is 19.2 Å². The van der Waals surface area contributed by atoms with Crippen LogP contribution in [0.3, 0.4) is 0 Å². The first kappa shape index (κ1) is 15.3. The number of rotatable bonds is 7. The lowest BCUT2D eigenvalue weighted by molar-refractivity contribution is 0.199. The zero-order valence-corrected chi connectivity index (χ0v) is 12.5. The zero-order chi connectivity index (χ0) is 14.4. The van der Waals surface area contributed by atoms with Gasteiger partial charge < -0.3 is 15.0 Å². The lowest BCUT2D eigenvalue weighted by atomic mass is 10.1. The topological polar surface area (TPSA) is 24.5 Å². The average molecular weight is 280 g/mol. The summed E-state index contributed by atoms with van der Waals surface area (Å²) in [6.07, 6.45) is 4.99. The minimum atomic E-state index is -0.128. The lowest BCUT2D eigenvalue weighted by Gasteiger charge is -2.29. The molecule has 0 heterocycles. The number of hydrogen-bond donors (Lipinski definition) is 1. The van der Waals surface area contributed by atoms with Crippen LogP contribution in [0.1, 0.15) is 31.2 Å². The fourth-order valence-electron chi connectivity index (χ4n) is 2.93. The molecule has 0 saturated heterocycles. The molecule has 1 aliphatic rings. The molecule has 1 aromatic rings. The van der Waals surface area contributed by atoms with Crippen molar-refractivity contribution < 1.29 is 9.13 Å². The van der Waals surface area contributed by atoms with Crippen molar-refractivity contribution in [3.8, 4) is 0 Å². The largest absolute Gasteiger partial charge is 0.383 e. The van der Waals surface area contributed by atoms with Crippen LogP contribution in [-0.4, -0.2) is 33.4 Å². The van der Waals surface area contributed by atoms with Gasteiger partial charge in [-0.05, 0) is 25.0 Å². The summed E-state index contributed by atoms with van der Waals surface area (Å²) in [4.78, 5) is 2.25. The third-order valence-electron chi connectivity index (χ3n) is 4.13. The number of halogens is 1. The molecule has 1 aromatic carbocycles. The van der Waals surface area contributed by atoms with Gasteiger partial charge in [-0.1, -0.05) is 18.9 Å². The molecule has 0 atom stereocenters. The normalized spacial score (nSPS) is 15.8. The van der Waals surface area contributed by atoms with Crippen molar-refractivity contribution in [3.05, 3.63) is 29.6 Å². The Hall–Kier alpha value is -1.13. The number of benzene rings is 1. The monoisotopic (exact) mass is 280 g/mol. The van der Waals surface area contributed by atoms with Crippen LogP contribution < -0.4 is 10.2 Å². The lowest BCUT2D eigenvalue weighted by Crippen LogP contribution is -2.31. The van der Waals surface area contributed by atoms with Crippen molar-refractivity contribution in [1.29, 1.82) is 0 Å². The van der Waals surface area contributed by atoms with E-state index >= 15 is 0 Å². The van der Waals surface area contributed by atoms with E-state index in [9.17, 15) is 4.39 Å². The van der Waals surface area contributed by atoms with Gasteiger partial charge in [0.1, 0.15) is 5.82 Å². The second-order valence-electron chi connectivity index (χ2n) is 5.46. The van der Waals surface area contributed by atoms with Crippen LogP contribution in [-0.2, 0) is 11.3 Å². The van der Waals surface area contributed by atoms with Crippen LogP contribution in [0.25, 0.3) is 0 Å². The summed E-state index contributed by atoms with van der Waals surface area (Å²) < 4.78 is 19.1. The minimum absolute atomic E-state index is 0.128. The van der Waals surface area contributed by atoms with Gasteiger partial charge in [0.15, 0.2) is 0 Å². The SMILES string of the molecule is COCCNCc1c(F)cccc1N(C)C1CCCC1. The summed E-state index contributed by atoms with van der Waals surface area (Å²) in [6, 6.07) is 5.91. The highest BCUT2D eigenvalue weighted by molar-refractivity contribution is 5.54. The van der Waals surface area contributed by atoms with Gasteiger partial charge in [-0.25, -0.2) is 4.39 Å². The van der Waals surface area contributed by atoms with E-state index in [0.717, 1.165) is 17.8 Å². The number of nitrogens with zero attached hydrogens (tertiary/aromatic N) is 1. The minimum Gasteiger partial charge on any atom is -0.383 e. The molecule has 1 saturated carbocycles. The molecule has 0 aromatic heterocycles. The molecule has 3 nitrogen and oxygen atoms in total. The maximum Gasteiger partial charge on any atom is 0.129 e. The van der Waals surface area contributed by atoms with Gasteiger partial charge in [0.05, 0.1) is 6.61 Å². The quantitative estimate of drug-likeness (QED) is 0.777. The number of methoxy groups -OCH3 is 1. The van der Waals surface area contributed by atoms with E-state index in [1.807, 2.05) is 6.07 Å². The molecule has 1 N–H and O–H groups in total. The van der Waals surface area contributed by atoms with Crippen LogP contribution in [0.4, 0.5) is 10.1 Å². The Morgan fingerprint density at radius 2 is 2.10 bits per heavy atom. The van der Waals surface area contributed by atoms with Crippen LogP contribution in [0.2, 0.25) is 0 Å². The summed E-state index contributed by atoms with van der Waals surface area (Å²) in [7, 11) is 3.76. The molecule has 0 unspecified atom stereocenters. The molecule has 4 heteroatoms. The van der Waals surface area contributed by atoms with Crippen LogP contribution >= 0.6 is 0 Å². The van der Waals surface area contributed by atoms with Crippen molar-refractivity contribution in [2.45, 2.75) is 38.3 Å². The van der Waals surface area contributed by atoms with Gasteiger partial charge in [-0.15, -0.1) is 0 Å². The molecule has 2 rings (SSSR count). The molecule has 0 amide bonds. The van der Waals surface area contributed by atoms with E-state index in [4.69, 9.17) is 4.74 Å². The summed E-state index contributed by atoms with van der Waals surface area (Å²) in [5, 5.41) is 3.24. The summed E-state index contributed by atoms with van der Waals surface area (Å²) in [5.74, 6) is -0.128. The summed E-state index contributed by atoms with van der Waals surface area (Å²) in [6.45, 7) is 1.92. The number of nitrogens with one attached hydrogen (secondary N) is 1. The number of hydrogen-bond acceptors (Lipinski definition) is 3. The molecule has 20 heavy (non-hydrogen) atoms. The van der Waals surface area contributed by atoms with Gasteiger partial charge >= 0.3 is 0 Å². The van der Waals surface area contributed by atoms with Gasteiger partial charge in [0.2, 0.25) is 0 Å². The second-order valence-corrected chi connectivity index (χ2v) is 5.46. The van der Waals surface area contributed by atoms with E-state index in [0.29, 0.717) is 19.2 Å². The Morgan fingerprint density at radius 3 is 2.80 bits per heavy atom. The Bertz CT molecular complexity index is 419. The van der Waals surface area contributed by atoms with Gasteiger partial charge in [0.25, 0.3) is 0 Å². The fourth-order valence-corrected chi connectivity index (χ4v) is 2.93. The standard InChI is InChI=1S/C16H25FN2O/c1-19(13-6-3-4-7-13)16-9-5-8-15(17)14(16)12-18-10-11-20-2/h5,8-9,13,18H,3-4,6-7,10-12H2,1-2H3. The Labute approximate surface area is 121 Å². The van der Waals surface area contributed by atoms with Crippen LogP contribution in [0.15, 0.2) is 18.2 Å². The van der Waals surface area contributed by atoms with E-state index in [2.05, 4.69) is 17.3 Å². The van der Waals surface area contributed by atoms with Crippen LogP contribution in [0.5, 0.6) is 0 Å². The van der Waals surface area contributed by atoms with Crippen molar-refractivity contribution in [2.24, 2.45) is 0 Å². The maximum absolute atomic E-state index is 14.1. The Kier molecular flexibility index (Phi) is 5.80. The average Bonchev–Trinajstić information content (AvgIpc) is 2.98. The molecular formula is C16H25FN2O. The van der Waals surface area contributed by atoms with Crippen molar-refractivity contribution in [2.75, 3.05) is 32.2 Å². The summed E-state index contributed by atoms with van der Waals surface area (Å²) in [5.41, 5.74) is 1.78. The molecule has 0 spiro atoms. The van der Waals surface area contributed by atoms with Gasteiger partial charge in [0, 0.05) is 44.5 Å². The highest BCUT2D eigenvalue weighted by Gasteiger charge is 2.22. The van der Waals surface area contributed by atoms with Crippen molar-refractivity contribution in [3.63, 3.8) is 0 Å². The first-order chi connectivity index (χ1) is 9.74. The molecule has 1 aliphatic carbocycles. The first-order valence-corrected chi connectivity index (χ1v) is 7.44. The predicted molar refractivity (Wildman–Crippen MR) is 80.6 cm³/mol. The highest BCUT2D eigenvalue weighted by atomic mass is 19.1. The van der Waals surface area contributed by atoms with E-state index < -0.39 is 0 Å². The number of ether oxygens (including phenoxy) is 1. The molecular weight excluding hydrogens is 255 g/mol. The third-order valence-corrected chi connectivity index (χ3v) is 4.13. The predicted octanol–water partition coefficient (Wildman–Crippen LogP) is 2.94. The van der Waals surface area contributed by atoms with Gasteiger partial charge in [-0.3, -0.25) is 0 Å². The van der Waals surface area contributed by atoms with E-state index in [1.165, 1.54) is 25.7 Å². The highest BCUT2D eigenvalue weighted by Crippen LogP contribution is 2.30. The zero-order valence-electron chi connectivity index (χ0n) is 12.5. The molecule has 112 valence electrons. The smallest absolute Gasteiger partial charge is 0.129 e. The molecule has 0 radical (unpaired) electrons. The first-order valence-electron chi connectivity index (χ1n) is 7.44. The third kappa shape index (κ3) is 3.70. The van der Waals surface area contributed by atoms with Crippen molar-refractivity contribution in [1.82, 2.24) is 5.32 Å². The maximum atomic E-state index is 14.1. The Morgan fingerprint density at radius 1 is 1.35 bits per heavy atom. The molecule has 0 bridgehead atoms. The molecule has 1 fully saturated rings. The van der Waals surface area contributed by atoms with E-state index in [-0.39, 0.29) is 5.82 Å². The fraction of sp³-hybridized carbons (Fsp3) is 0.625. The summed E-state index contributed by atoms with van der Waals surface area (Å²) >= 11 is 0. The second kappa shape index (κ2) is 7.60. The van der Waals surface area contributed by atoms with Gasteiger partial charge in [-0.2, -0.15) is 0 Å². The van der Waals surface area contributed by atoms with Crippen LogP contribution in [0, 0.1) is 5.82 Å². The molecule has 0 aliphatic heterocycles. The van der Waals surface area contributed by atoms with Crippen molar-refractivity contribution >= 4 is 5.69 Å².